The Morgan fingerprint density at radius 2 is 2.00 bits per heavy atom. The van der Waals surface area contributed by atoms with Gasteiger partial charge in [0.1, 0.15) is 11.9 Å². The number of benzene rings is 1. The molecular weight excluding hydrogens is 263 g/mol. The van der Waals surface area contributed by atoms with Gasteiger partial charge in [0.2, 0.25) is 0 Å². The van der Waals surface area contributed by atoms with Crippen LogP contribution >= 0.6 is 0 Å². The van der Waals surface area contributed by atoms with Crippen LogP contribution in [0.3, 0.4) is 0 Å². The van der Waals surface area contributed by atoms with Crippen LogP contribution in [0.5, 0.6) is 0 Å². The van der Waals surface area contributed by atoms with Crippen molar-refractivity contribution in [2.75, 3.05) is 18.5 Å². The summed E-state index contributed by atoms with van der Waals surface area (Å²) in [7, 11) is 1.44. The number of likely N-dealkylation sites (N-methyl/N-ethyl adjacent to an activating group) is 1. The Bertz CT molecular complexity index is 493. The van der Waals surface area contributed by atoms with Gasteiger partial charge in [-0.05, 0) is 31.5 Å². The number of aliphatic carboxylic acids is 1. The highest BCUT2D eigenvalue weighted by atomic mass is 19.1. The van der Waals surface area contributed by atoms with Gasteiger partial charge in [-0.2, -0.15) is 0 Å². The van der Waals surface area contributed by atoms with E-state index in [-0.39, 0.29) is 0 Å². The van der Waals surface area contributed by atoms with Crippen molar-refractivity contribution in [1.82, 2.24) is 4.90 Å². The number of carbonyl (C=O) groups is 2. The minimum Gasteiger partial charge on any atom is -0.480 e. The Morgan fingerprint density at radius 3 is 2.45 bits per heavy atom. The molecule has 6 heteroatoms. The largest absolute Gasteiger partial charge is 0.480 e. The van der Waals surface area contributed by atoms with Crippen LogP contribution in [-0.4, -0.2) is 41.6 Å². The molecule has 0 fully saturated rings. The van der Waals surface area contributed by atoms with Gasteiger partial charge in [-0.3, -0.25) is 4.90 Å². The van der Waals surface area contributed by atoms with E-state index in [2.05, 4.69) is 0 Å². The van der Waals surface area contributed by atoms with E-state index in [1.807, 2.05) is 0 Å². The molecule has 2 amide bonds. The zero-order chi connectivity index (χ0) is 15.3. The molecule has 0 aliphatic carbocycles. The van der Waals surface area contributed by atoms with Crippen molar-refractivity contribution in [3.05, 3.63) is 30.1 Å². The molecule has 0 aromatic heterocycles. The molecule has 1 aromatic carbocycles. The first kappa shape index (κ1) is 15.9. The summed E-state index contributed by atoms with van der Waals surface area (Å²) in [5.74, 6) is -1.50. The molecule has 1 unspecified atom stereocenters. The second kappa shape index (κ2) is 6.88. The molecule has 5 nitrogen and oxygen atoms in total. The average Bonchev–Trinajstić information content (AvgIpc) is 2.39. The van der Waals surface area contributed by atoms with Gasteiger partial charge in [-0.25, -0.2) is 14.0 Å². The van der Waals surface area contributed by atoms with Crippen LogP contribution in [0.25, 0.3) is 0 Å². The van der Waals surface area contributed by atoms with Crippen LogP contribution in [0.2, 0.25) is 0 Å². The van der Waals surface area contributed by atoms with E-state index in [0.29, 0.717) is 18.7 Å². The molecule has 0 radical (unpaired) electrons. The molecule has 110 valence electrons. The van der Waals surface area contributed by atoms with Gasteiger partial charge in [0.05, 0.1) is 0 Å². The molecule has 1 rings (SSSR count). The standard InChI is InChI=1S/C14H19FN2O3/c1-4-12(13(18)19)16(3)14(20)17(5-2)11-8-6-7-10(15)9-11/h6-9,12H,4-5H2,1-3H3,(H,18,19). The van der Waals surface area contributed by atoms with Crippen LogP contribution in [0, 0.1) is 5.82 Å². The minimum atomic E-state index is -1.06. The van der Waals surface area contributed by atoms with E-state index in [0.717, 1.165) is 4.90 Å². The van der Waals surface area contributed by atoms with Gasteiger partial charge < -0.3 is 10.0 Å². The number of urea groups is 1. The fourth-order valence-corrected chi connectivity index (χ4v) is 2.01. The summed E-state index contributed by atoms with van der Waals surface area (Å²) in [5.41, 5.74) is 0.407. The molecule has 0 heterocycles. The number of amides is 2. The Morgan fingerprint density at radius 1 is 1.35 bits per heavy atom. The molecule has 1 N–H and O–H groups in total. The van der Waals surface area contributed by atoms with Crippen molar-refractivity contribution in [2.24, 2.45) is 0 Å². The van der Waals surface area contributed by atoms with Crippen molar-refractivity contribution in [2.45, 2.75) is 26.3 Å². The van der Waals surface area contributed by atoms with Gasteiger partial charge in [-0.15, -0.1) is 0 Å². The van der Waals surface area contributed by atoms with E-state index < -0.39 is 23.9 Å². The van der Waals surface area contributed by atoms with Gasteiger partial charge >= 0.3 is 12.0 Å². The van der Waals surface area contributed by atoms with E-state index >= 15 is 0 Å². The molecule has 0 saturated heterocycles. The summed E-state index contributed by atoms with van der Waals surface area (Å²) >= 11 is 0. The fourth-order valence-electron chi connectivity index (χ4n) is 2.01. The maximum atomic E-state index is 13.2. The zero-order valence-electron chi connectivity index (χ0n) is 11.8. The summed E-state index contributed by atoms with van der Waals surface area (Å²) in [6, 6.07) is 4.29. The lowest BCUT2D eigenvalue weighted by Gasteiger charge is -2.30. The maximum Gasteiger partial charge on any atom is 0.326 e. The number of hydrogen-bond donors (Lipinski definition) is 1. The normalized spacial score (nSPS) is 11.8. The van der Waals surface area contributed by atoms with E-state index in [1.165, 1.54) is 30.1 Å². The highest BCUT2D eigenvalue weighted by molar-refractivity contribution is 5.94. The second-order valence-electron chi connectivity index (χ2n) is 4.38. The number of hydrogen-bond acceptors (Lipinski definition) is 2. The fraction of sp³-hybridized carbons (Fsp3) is 0.429. The zero-order valence-corrected chi connectivity index (χ0v) is 11.8. The van der Waals surface area contributed by atoms with Crippen molar-refractivity contribution >= 4 is 17.7 Å². The van der Waals surface area contributed by atoms with Crippen molar-refractivity contribution < 1.29 is 19.1 Å². The lowest BCUT2D eigenvalue weighted by Crippen LogP contribution is -2.49. The second-order valence-corrected chi connectivity index (χ2v) is 4.38. The van der Waals surface area contributed by atoms with Crippen LogP contribution < -0.4 is 4.90 Å². The lowest BCUT2D eigenvalue weighted by molar-refractivity contribution is -0.141. The number of halogens is 1. The number of carbonyl (C=O) groups excluding carboxylic acids is 1. The Hall–Kier alpha value is -2.11. The third kappa shape index (κ3) is 3.46. The van der Waals surface area contributed by atoms with E-state index in [9.17, 15) is 14.0 Å². The summed E-state index contributed by atoms with van der Waals surface area (Å²) in [5, 5.41) is 9.09. The highest BCUT2D eigenvalue weighted by Crippen LogP contribution is 2.18. The van der Waals surface area contributed by atoms with E-state index in [1.54, 1.807) is 19.9 Å². The van der Waals surface area contributed by atoms with Crippen LogP contribution in [0.15, 0.2) is 24.3 Å². The predicted molar refractivity (Wildman–Crippen MR) is 74.3 cm³/mol. The number of carboxylic acids is 1. The summed E-state index contributed by atoms with van der Waals surface area (Å²) < 4.78 is 13.2. The molecule has 1 atom stereocenters. The van der Waals surface area contributed by atoms with Gasteiger partial charge in [0.15, 0.2) is 0 Å². The minimum absolute atomic E-state index is 0.304. The highest BCUT2D eigenvalue weighted by Gasteiger charge is 2.28. The van der Waals surface area contributed by atoms with Crippen molar-refractivity contribution in [3.8, 4) is 0 Å². The molecule has 0 bridgehead atoms. The summed E-state index contributed by atoms with van der Waals surface area (Å²) in [6.45, 7) is 3.77. The number of carboxylic acid groups (broad SMARTS) is 1. The quantitative estimate of drug-likeness (QED) is 0.903. The maximum absolute atomic E-state index is 13.2. The van der Waals surface area contributed by atoms with Gasteiger partial charge in [-0.1, -0.05) is 13.0 Å². The van der Waals surface area contributed by atoms with Gasteiger partial charge in [0, 0.05) is 19.3 Å². The Balaban J connectivity index is 3.00. The molecule has 0 spiro atoms. The third-order valence-corrected chi connectivity index (χ3v) is 3.11. The SMILES string of the molecule is CCC(C(=O)O)N(C)C(=O)N(CC)c1cccc(F)c1. The summed E-state index contributed by atoms with van der Waals surface area (Å²) in [4.78, 5) is 26.0. The first-order chi connectivity index (χ1) is 9.42. The Labute approximate surface area is 117 Å². The summed E-state index contributed by atoms with van der Waals surface area (Å²) in [6.07, 6.45) is 0.304. The van der Waals surface area contributed by atoms with Crippen LogP contribution in [0.4, 0.5) is 14.9 Å². The van der Waals surface area contributed by atoms with Crippen molar-refractivity contribution in [3.63, 3.8) is 0 Å². The van der Waals surface area contributed by atoms with Crippen LogP contribution in [-0.2, 0) is 4.79 Å². The molecule has 0 aliphatic heterocycles. The topological polar surface area (TPSA) is 60.9 Å². The van der Waals surface area contributed by atoms with Crippen LogP contribution in [0.1, 0.15) is 20.3 Å². The molecule has 0 aliphatic rings. The predicted octanol–water partition coefficient (Wildman–Crippen LogP) is 2.57. The van der Waals surface area contributed by atoms with E-state index in [4.69, 9.17) is 5.11 Å². The number of nitrogens with zero attached hydrogens (tertiary/aromatic N) is 2. The molecule has 20 heavy (non-hydrogen) atoms. The van der Waals surface area contributed by atoms with Crippen molar-refractivity contribution in [1.29, 1.82) is 0 Å². The Kier molecular flexibility index (Phi) is 5.49. The first-order valence-corrected chi connectivity index (χ1v) is 6.45. The van der Waals surface area contributed by atoms with Gasteiger partial charge in [0.25, 0.3) is 0 Å². The average molecular weight is 282 g/mol. The number of rotatable bonds is 5. The number of anilines is 1. The smallest absolute Gasteiger partial charge is 0.326 e. The lowest BCUT2D eigenvalue weighted by atomic mass is 10.2. The third-order valence-electron chi connectivity index (χ3n) is 3.11. The monoisotopic (exact) mass is 282 g/mol. The molecular formula is C14H19FN2O3. The molecule has 1 aromatic rings. The first-order valence-electron chi connectivity index (χ1n) is 6.45. The molecule has 0 saturated carbocycles.